The lowest BCUT2D eigenvalue weighted by Gasteiger charge is -2.28. The Bertz CT molecular complexity index is 358. The van der Waals surface area contributed by atoms with E-state index < -0.39 is 0 Å². The molecule has 2 unspecified atom stereocenters. The molecule has 1 aromatic rings. The molecule has 0 aromatic heterocycles. The Hall–Kier alpha value is -0.860. The molecular weight excluding hydrogens is 198 g/mol. The normalized spacial score (nSPS) is 34.9. The molecule has 2 atom stereocenters. The second kappa shape index (κ2) is 3.86. The van der Waals surface area contributed by atoms with Crippen LogP contribution in [0.25, 0.3) is 0 Å². The molecule has 1 saturated heterocycles. The van der Waals surface area contributed by atoms with E-state index in [1.807, 2.05) is 0 Å². The summed E-state index contributed by atoms with van der Waals surface area (Å²) < 4.78 is 5.41. The van der Waals surface area contributed by atoms with Crippen LogP contribution >= 0.6 is 0 Å². The van der Waals surface area contributed by atoms with Crippen molar-refractivity contribution in [3.05, 3.63) is 35.9 Å². The molecule has 0 spiro atoms. The van der Waals surface area contributed by atoms with Gasteiger partial charge in [-0.3, -0.25) is 0 Å². The predicted octanol–water partition coefficient (Wildman–Crippen LogP) is 2.30. The number of hydrogen-bond donors (Lipinski definition) is 1. The van der Waals surface area contributed by atoms with E-state index in [-0.39, 0.29) is 5.54 Å². The van der Waals surface area contributed by atoms with Gasteiger partial charge in [0.2, 0.25) is 0 Å². The molecule has 2 fully saturated rings. The predicted molar refractivity (Wildman–Crippen MR) is 64.3 cm³/mol. The summed E-state index contributed by atoms with van der Waals surface area (Å²) in [7, 11) is 0. The van der Waals surface area contributed by atoms with Gasteiger partial charge in [0.25, 0.3) is 0 Å². The molecule has 0 radical (unpaired) electrons. The molecule has 0 bridgehead atoms. The standard InChI is InChI=1S/C14H19NO/c15-14(12-6-8-16-9-7-12)10-13(14)11-4-2-1-3-5-11/h1-5,12-13H,6-10,15H2. The second-order valence-corrected chi connectivity index (χ2v) is 5.17. The molecule has 2 nitrogen and oxygen atoms in total. The summed E-state index contributed by atoms with van der Waals surface area (Å²) in [6.45, 7) is 1.79. The first kappa shape index (κ1) is 10.3. The highest BCUT2D eigenvalue weighted by atomic mass is 16.5. The molecule has 2 heteroatoms. The molecule has 1 saturated carbocycles. The lowest BCUT2D eigenvalue weighted by Crippen LogP contribution is -2.38. The largest absolute Gasteiger partial charge is 0.381 e. The monoisotopic (exact) mass is 217 g/mol. The van der Waals surface area contributed by atoms with Gasteiger partial charge in [-0.25, -0.2) is 0 Å². The van der Waals surface area contributed by atoms with Crippen molar-refractivity contribution in [2.24, 2.45) is 11.7 Å². The highest BCUT2D eigenvalue weighted by Gasteiger charge is 2.56. The van der Waals surface area contributed by atoms with E-state index in [0.717, 1.165) is 32.5 Å². The summed E-state index contributed by atoms with van der Waals surface area (Å²) in [4.78, 5) is 0. The minimum absolute atomic E-state index is 0.0606. The second-order valence-electron chi connectivity index (χ2n) is 5.17. The Morgan fingerprint density at radius 2 is 1.81 bits per heavy atom. The summed E-state index contributed by atoms with van der Waals surface area (Å²) >= 11 is 0. The van der Waals surface area contributed by atoms with Crippen molar-refractivity contribution in [2.45, 2.75) is 30.7 Å². The van der Waals surface area contributed by atoms with E-state index in [1.165, 1.54) is 5.56 Å². The quantitative estimate of drug-likeness (QED) is 0.825. The first-order chi connectivity index (χ1) is 7.81. The van der Waals surface area contributed by atoms with Gasteiger partial charge in [0.1, 0.15) is 0 Å². The fourth-order valence-electron chi connectivity index (χ4n) is 3.09. The van der Waals surface area contributed by atoms with Crippen molar-refractivity contribution in [3.8, 4) is 0 Å². The number of benzene rings is 1. The first-order valence-corrected chi connectivity index (χ1v) is 6.22. The Balaban J connectivity index is 1.73. The highest BCUT2D eigenvalue weighted by Crippen LogP contribution is 2.55. The molecule has 1 aliphatic carbocycles. The maximum absolute atomic E-state index is 6.54. The molecule has 86 valence electrons. The number of rotatable bonds is 2. The van der Waals surface area contributed by atoms with Gasteiger partial charge in [0, 0.05) is 24.7 Å². The number of hydrogen-bond acceptors (Lipinski definition) is 2. The van der Waals surface area contributed by atoms with Gasteiger partial charge in [-0.15, -0.1) is 0 Å². The maximum atomic E-state index is 6.54. The Morgan fingerprint density at radius 1 is 1.12 bits per heavy atom. The fourth-order valence-corrected chi connectivity index (χ4v) is 3.09. The van der Waals surface area contributed by atoms with Gasteiger partial charge in [0.05, 0.1) is 0 Å². The highest BCUT2D eigenvalue weighted by molar-refractivity contribution is 5.33. The third kappa shape index (κ3) is 1.66. The van der Waals surface area contributed by atoms with Crippen molar-refractivity contribution in [2.75, 3.05) is 13.2 Å². The van der Waals surface area contributed by atoms with E-state index >= 15 is 0 Å². The third-order valence-corrected chi connectivity index (χ3v) is 4.23. The lowest BCUT2D eigenvalue weighted by molar-refractivity contribution is 0.0544. The van der Waals surface area contributed by atoms with Crippen LogP contribution in [0.15, 0.2) is 30.3 Å². The van der Waals surface area contributed by atoms with Crippen molar-refractivity contribution in [1.29, 1.82) is 0 Å². The van der Waals surface area contributed by atoms with Crippen LogP contribution in [-0.2, 0) is 4.74 Å². The molecule has 2 N–H and O–H groups in total. The van der Waals surface area contributed by atoms with Gasteiger partial charge in [-0.2, -0.15) is 0 Å². The van der Waals surface area contributed by atoms with Crippen molar-refractivity contribution in [1.82, 2.24) is 0 Å². The summed E-state index contributed by atoms with van der Waals surface area (Å²) in [5.74, 6) is 1.24. The Morgan fingerprint density at radius 3 is 2.50 bits per heavy atom. The minimum Gasteiger partial charge on any atom is -0.381 e. The average Bonchev–Trinajstić information content (AvgIpc) is 3.06. The van der Waals surface area contributed by atoms with Crippen LogP contribution in [0.1, 0.15) is 30.7 Å². The third-order valence-electron chi connectivity index (χ3n) is 4.23. The molecule has 1 aromatic carbocycles. The van der Waals surface area contributed by atoms with Crippen LogP contribution in [0.4, 0.5) is 0 Å². The SMILES string of the molecule is NC1(C2CCOCC2)CC1c1ccccc1. The van der Waals surface area contributed by atoms with E-state index in [1.54, 1.807) is 0 Å². The summed E-state index contributed by atoms with van der Waals surface area (Å²) in [6.07, 6.45) is 3.43. The average molecular weight is 217 g/mol. The molecular formula is C14H19NO. The zero-order valence-electron chi connectivity index (χ0n) is 9.56. The van der Waals surface area contributed by atoms with E-state index in [2.05, 4.69) is 30.3 Å². The van der Waals surface area contributed by atoms with Crippen molar-refractivity contribution >= 4 is 0 Å². The van der Waals surface area contributed by atoms with Gasteiger partial charge in [-0.05, 0) is 30.7 Å². The first-order valence-electron chi connectivity index (χ1n) is 6.22. The number of nitrogens with two attached hydrogens (primary N) is 1. The number of ether oxygens (including phenoxy) is 1. The summed E-state index contributed by atoms with van der Waals surface area (Å²) in [5, 5.41) is 0. The topological polar surface area (TPSA) is 35.2 Å². The summed E-state index contributed by atoms with van der Waals surface area (Å²) in [5.41, 5.74) is 8.02. The van der Waals surface area contributed by atoms with Crippen LogP contribution in [0.3, 0.4) is 0 Å². The van der Waals surface area contributed by atoms with Crippen LogP contribution in [0.2, 0.25) is 0 Å². The fraction of sp³-hybridized carbons (Fsp3) is 0.571. The van der Waals surface area contributed by atoms with E-state index in [4.69, 9.17) is 10.5 Å². The zero-order valence-corrected chi connectivity index (χ0v) is 9.56. The molecule has 1 aliphatic heterocycles. The molecule has 2 aliphatic rings. The molecule has 0 amide bonds. The van der Waals surface area contributed by atoms with Crippen LogP contribution < -0.4 is 5.73 Å². The Labute approximate surface area is 96.8 Å². The smallest absolute Gasteiger partial charge is 0.0469 e. The lowest BCUT2D eigenvalue weighted by atomic mass is 9.87. The molecule has 1 heterocycles. The summed E-state index contributed by atoms with van der Waals surface area (Å²) in [6, 6.07) is 10.7. The van der Waals surface area contributed by atoms with Gasteiger partial charge >= 0.3 is 0 Å². The molecule has 3 rings (SSSR count). The minimum atomic E-state index is 0.0606. The van der Waals surface area contributed by atoms with Gasteiger partial charge < -0.3 is 10.5 Å². The van der Waals surface area contributed by atoms with Crippen LogP contribution in [0, 0.1) is 5.92 Å². The molecule has 16 heavy (non-hydrogen) atoms. The van der Waals surface area contributed by atoms with Crippen molar-refractivity contribution in [3.63, 3.8) is 0 Å². The van der Waals surface area contributed by atoms with E-state index in [0.29, 0.717) is 11.8 Å². The maximum Gasteiger partial charge on any atom is 0.0469 e. The van der Waals surface area contributed by atoms with E-state index in [9.17, 15) is 0 Å². The van der Waals surface area contributed by atoms with Gasteiger partial charge in [-0.1, -0.05) is 30.3 Å². The van der Waals surface area contributed by atoms with Crippen LogP contribution in [0.5, 0.6) is 0 Å². The van der Waals surface area contributed by atoms with Gasteiger partial charge in [0.15, 0.2) is 0 Å². The Kier molecular flexibility index (Phi) is 2.49. The zero-order chi connectivity index (χ0) is 11.0. The van der Waals surface area contributed by atoms with Crippen LogP contribution in [-0.4, -0.2) is 18.8 Å². The van der Waals surface area contributed by atoms with Crippen molar-refractivity contribution < 1.29 is 4.74 Å².